The molecule has 0 unspecified atom stereocenters. The maximum absolute atomic E-state index is 12.8. The van der Waals surface area contributed by atoms with Gasteiger partial charge < -0.3 is 15.7 Å². The SMILES string of the molecule is N#C/C(=C/NCc1ccc(F)cc1)C(=O)Nc1ccccc1O. The summed E-state index contributed by atoms with van der Waals surface area (Å²) >= 11 is 0. The van der Waals surface area contributed by atoms with E-state index in [0.717, 1.165) is 5.56 Å². The summed E-state index contributed by atoms with van der Waals surface area (Å²) in [6, 6.07) is 13.9. The number of carbonyl (C=O) groups is 1. The van der Waals surface area contributed by atoms with Gasteiger partial charge in [-0.1, -0.05) is 24.3 Å². The molecule has 0 radical (unpaired) electrons. The summed E-state index contributed by atoms with van der Waals surface area (Å²) in [5.74, 6) is -1.05. The van der Waals surface area contributed by atoms with E-state index in [-0.39, 0.29) is 22.8 Å². The van der Waals surface area contributed by atoms with E-state index >= 15 is 0 Å². The molecule has 2 aromatic rings. The average Bonchev–Trinajstić information content (AvgIpc) is 2.55. The third-order valence-electron chi connectivity index (χ3n) is 2.98. The van der Waals surface area contributed by atoms with Gasteiger partial charge in [0, 0.05) is 12.7 Å². The molecule has 5 nitrogen and oxygen atoms in total. The number of nitrogens with one attached hydrogen (secondary N) is 2. The molecule has 0 aromatic heterocycles. The van der Waals surface area contributed by atoms with E-state index < -0.39 is 5.91 Å². The number of nitriles is 1. The zero-order valence-corrected chi connectivity index (χ0v) is 12.1. The number of benzene rings is 2. The topological polar surface area (TPSA) is 85.2 Å². The zero-order valence-electron chi connectivity index (χ0n) is 12.1. The maximum Gasteiger partial charge on any atom is 0.267 e. The third kappa shape index (κ3) is 4.58. The highest BCUT2D eigenvalue weighted by Gasteiger charge is 2.11. The number of hydrogen-bond acceptors (Lipinski definition) is 4. The molecular weight excluding hydrogens is 297 g/mol. The number of nitrogens with zero attached hydrogens (tertiary/aromatic N) is 1. The highest BCUT2D eigenvalue weighted by Crippen LogP contribution is 2.21. The number of aromatic hydroxyl groups is 1. The van der Waals surface area contributed by atoms with Crippen LogP contribution in [0.2, 0.25) is 0 Å². The van der Waals surface area contributed by atoms with Crippen LogP contribution < -0.4 is 10.6 Å². The molecule has 3 N–H and O–H groups in total. The van der Waals surface area contributed by atoms with Crippen LogP contribution in [0.3, 0.4) is 0 Å². The van der Waals surface area contributed by atoms with E-state index in [1.807, 2.05) is 0 Å². The Morgan fingerprint density at radius 1 is 1.22 bits per heavy atom. The van der Waals surface area contributed by atoms with Crippen LogP contribution in [0.25, 0.3) is 0 Å². The smallest absolute Gasteiger partial charge is 0.267 e. The minimum atomic E-state index is -0.638. The summed E-state index contributed by atoms with van der Waals surface area (Å²) in [7, 11) is 0. The lowest BCUT2D eigenvalue weighted by Crippen LogP contribution is -2.16. The van der Waals surface area contributed by atoms with Gasteiger partial charge in [-0.15, -0.1) is 0 Å². The first-order chi connectivity index (χ1) is 11.1. The molecular formula is C17H14FN3O2. The highest BCUT2D eigenvalue weighted by atomic mass is 19.1. The van der Waals surface area contributed by atoms with Crippen LogP contribution in [0, 0.1) is 17.1 Å². The molecule has 0 atom stereocenters. The monoisotopic (exact) mass is 311 g/mol. The van der Waals surface area contributed by atoms with E-state index in [9.17, 15) is 14.3 Å². The first-order valence-electron chi connectivity index (χ1n) is 6.77. The lowest BCUT2D eigenvalue weighted by molar-refractivity contribution is -0.112. The third-order valence-corrected chi connectivity index (χ3v) is 2.98. The molecule has 0 aliphatic heterocycles. The molecule has 23 heavy (non-hydrogen) atoms. The first-order valence-corrected chi connectivity index (χ1v) is 6.77. The Labute approximate surface area is 132 Å². The lowest BCUT2D eigenvalue weighted by Gasteiger charge is -2.06. The molecule has 0 aliphatic rings. The minimum Gasteiger partial charge on any atom is -0.506 e. The van der Waals surface area contributed by atoms with Crippen LogP contribution >= 0.6 is 0 Å². The molecule has 2 rings (SSSR count). The molecule has 6 heteroatoms. The van der Waals surface area contributed by atoms with Crippen molar-refractivity contribution in [1.82, 2.24) is 5.32 Å². The number of halogens is 1. The summed E-state index contributed by atoms with van der Waals surface area (Å²) in [6.45, 7) is 0.343. The minimum absolute atomic E-state index is 0.0857. The van der Waals surface area contributed by atoms with Crippen molar-refractivity contribution in [2.75, 3.05) is 5.32 Å². The second kappa shape index (κ2) is 7.61. The fourth-order valence-electron chi connectivity index (χ4n) is 1.79. The largest absolute Gasteiger partial charge is 0.506 e. The number of amides is 1. The van der Waals surface area contributed by atoms with E-state index in [2.05, 4.69) is 10.6 Å². The lowest BCUT2D eigenvalue weighted by atomic mass is 10.2. The number of carbonyl (C=O) groups excluding carboxylic acids is 1. The van der Waals surface area contributed by atoms with Crippen LogP contribution in [0.15, 0.2) is 60.3 Å². The summed E-state index contributed by atoms with van der Waals surface area (Å²) in [6.07, 6.45) is 1.28. The van der Waals surface area contributed by atoms with Crippen molar-refractivity contribution >= 4 is 11.6 Å². The van der Waals surface area contributed by atoms with Crippen molar-refractivity contribution in [1.29, 1.82) is 5.26 Å². The van der Waals surface area contributed by atoms with Crippen molar-refractivity contribution in [3.05, 3.63) is 71.7 Å². The number of rotatable bonds is 5. The van der Waals surface area contributed by atoms with Gasteiger partial charge in [0.25, 0.3) is 5.91 Å². The molecule has 116 valence electrons. The molecule has 2 aromatic carbocycles. The Hall–Kier alpha value is -3.33. The summed E-state index contributed by atoms with van der Waals surface area (Å²) in [4.78, 5) is 12.0. The van der Waals surface area contributed by atoms with Crippen LogP contribution in [0.5, 0.6) is 5.75 Å². The van der Waals surface area contributed by atoms with Gasteiger partial charge in [0.2, 0.25) is 0 Å². The predicted molar refractivity (Wildman–Crippen MR) is 83.7 cm³/mol. The Morgan fingerprint density at radius 3 is 2.57 bits per heavy atom. The Balaban J connectivity index is 1.98. The van der Waals surface area contributed by atoms with Crippen molar-refractivity contribution < 1.29 is 14.3 Å². The van der Waals surface area contributed by atoms with Crippen molar-refractivity contribution in [2.24, 2.45) is 0 Å². The van der Waals surface area contributed by atoms with Gasteiger partial charge >= 0.3 is 0 Å². The van der Waals surface area contributed by atoms with Gasteiger partial charge in [-0.05, 0) is 29.8 Å². The average molecular weight is 311 g/mol. The van der Waals surface area contributed by atoms with Crippen LogP contribution in [0.4, 0.5) is 10.1 Å². The molecule has 0 spiro atoms. The summed E-state index contributed by atoms with van der Waals surface area (Å²) in [5, 5.41) is 23.9. The zero-order chi connectivity index (χ0) is 16.7. The molecule has 0 saturated carbocycles. The number of anilines is 1. The second-order valence-corrected chi connectivity index (χ2v) is 4.65. The maximum atomic E-state index is 12.8. The van der Waals surface area contributed by atoms with E-state index in [1.54, 1.807) is 30.3 Å². The Morgan fingerprint density at radius 2 is 1.91 bits per heavy atom. The summed E-state index contributed by atoms with van der Waals surface area (Å²) in [5.41, 5.74) is 0.883. The molecule has 0 heterocycles. The quantitative estimate of drug-likeness (QED) is 0.450. The standard InChI is InChI=1S/C17H14FN3O2/c18-14-7-5-12(6-8-14)10-20-11-13(9-19)17(23)21-15-3-1-2-4-16(15)22/h1-8,11,20,22H,10H2,(H,21,23)/b13-11-. The normalized spacial score (nSPS) is 10.7. The first kappa shape index (κ1) is 16.0. The number of hydrogen-bond donors (Lipinski definition) is 3. The van der Waals surface area contributed by atoms with E-state index in [4.69, 9.17) is 5.26 Å². The Kier molecular flexibility index (Phi) is 5.31. The van der Waals surface area contributed by atoms with Gasteiger partial charge in [0.15, 0.2) is 0 Å². The number of phenolic OH excluding ortho intramolecular Hbond substituents is 1. The van der Waals surface area contributed by atoms with Crippen LogP contribution in [0.1, 0.15) is 5.56 Å². The molecule has 0 saturated heterocycles. The van der Waals surface area contributed by atoms with E-state index in [1.165, 1.54) is 30.5 Å². The molecule has 0 fully saturated rings. The highest BCUT2D eigenvalue weighted by molar-refractivity contribution is 6.07. The molecule has 1 amide bonds. The van der Waals surface area contributed by atoms with Gasteiger partial charge in [-0.3, -0.25) is 4.79 Å². The number of phenols is 1. The predicted octanol–water partition coefficient (Wildman–Crippen LogP) is 2.67. The van der Waals surface area contributed by atoms with Gasteiger partial charge in [-0.2, -0.15) is 5.26 Å². The molecule has 0 bridgehead atoms. The van der Waals surface area contributed by atoms with E-state index in [0.29, 0.717) is 6.54 Å². The van der Waals surface area contributed by atoms with Crippen LogP contribution in [-0.4, -0.2) is 11.0 Å². The van der Waals surface area contributed by atoms with Crippen molar-refractivity contribution in [2.45, 2.75) is 6.54 Å². The van der Waals surface area contributed by atoms with Crippen LogP contribution in [-0.2, 0) is 11.3 Å². The fraction of sp³-hybridized carbons (Fsp3) is 0.0588. The summed E-state index contributed by atoms with van der Waals surface area (Å²) < 4.78 is 12.8. The van der Waals surface area contributed by atoms with Gasteiger partial charge in [0.05, 0.1) is 5.69 Å². The van der Waals surface area contributed by atoms with Gasteiger partial charge in [0.1, 0.15) is 23.2 Å². The second-order valence-electron chi connectivity index (χ2n) is 4.65. The molecule has 0 aliphatic carbocycles. The van der Waals surface area contributed by atoms with Crippen molar-refractivity contribution in [3.63, 3.8) is 0 Å². The Bertz CT molecular complexity index is 764. The fourth-order valence-corrected chi connectivity index (χ4v) is 1.79. The number of para-hydroxylation sites is 2. The van der Waals surface area contributed by atoms with Gasteiger partial charge in [-0.25, -0.2) is 4.39 Å². The van der Waals surface area contributed by atoms with Crippen molar-refractivity contribution in [3.8, 4) is 11.8 Å².